The van der Waals surface area contributed by atoms with Gasteiger partial charge < -0.3 is 20.5 Å². The second-order valence-electron chi connectivity index (χ2n) is 6.81. The Morgan fingerprint density at radius 2 is 1.96 bits per heavy atom. The van der Waals surface area contributed by atoms with Gasteiger partial charge in [0, 0.05) is 0 Å². The van der Waals surface area contributed by atoms with Crippen molar-refractivity contribution < 1.29 is 27.9 Å². The normalized spacial score (nSPS) is 30.4. The SMILES string of the molecule is CC1(C)[C@H](C(=O)O)N2C(=O)[C@H](C(N)OCc3ccccc3)[C@H]2S1(=O)=O. The summed E-state index contributed by atoms with van der Waals surface area (Å²) >= 11 is 0. The van der Waals surface area contributed by atoms with Crippen LogP contribution < -0.4 is 5.73 Å². The first-order valence-corrected chi connectivity index (χ1v) is 9.35. The van der Waals surface area contributed by atoms with Crippen LogP contribution in [0.5, 0.6) is 0 Å². The number of nitrogens with zero attached hydrogens (tertiary/aromatic N) is 1. The van der Waals surface area contributed by atoms with Gasteiger partial charge in [0.15, 0.2) is 15.2 Å². The fourth-order valence-electron chi connectivity index (χ4n) is 3.52. The lowest BCUT2D eigenvalue weighted by molar-refractivity contribution is -0.171. The molecule has 0 bridgehead atoms. The summed E-state index contributed by atoms with van der Waals surface area (Å²) < 4.78 is 29.4. The highest BCUT2D eigenvalue weighted by atomic mass is 32.2. The molecule has 1 aromatic carbocycles. The summed E-state index contributed by atoms with van der Waals surface area (Å²) in [6.07, 6.45) is -1.13. The van der Waals surface area contributed by atoms with Gasteiger partial charge in [-0.15, -0.1) is 0 Å². The molecule has 0 aromatic heterocycles. The summed E-state index contributed by atoms with van der Waals surface area (Å²) in [6.45, 7) is 2.77. The average molecular weight is 368 g/mol. The molecule has 3 rings (SSSR count). The van der Waals surface area contributed by atoms with E-state index in [4.69, 9.17) is 10.5 Å². The molecule has 0 aliphatic carbocycles. The molecular weight excluding hydrogens is 348 g/mol. The van der Waals surface area contributed by atoms with Gasteiger partial charge in [0.25, 0.3) is 0 Å². The van der Waals surface area contributed by atoms with E-state index in [0.29, 0.717) is 0 Å². The molecule has 0 spiro atoms. The number of fused-ring (bicyclic) bond motifs is 1. The van der Waals surface area contributed by atoms with E-state index >= 15 is 0 Å². The van der Waals surface area contributed by atoms with Crippen molar-refractivity contribution in [2.75, 3.05) is 0 Å². The third-order valence-electron chi connectivity index (χ3n) is 4.98. The van der Waals surface area contributed by atoms with Crippen molar-refractivity contribution >= 4 is 21.7 Å². The van der Waals surface area contributed by atoms with Crippen molar-refractivity contribution in [2.45, 2.75) is 42.8 Å². The smallest absolute Gasteiger partial charge is 0.328 e. The minimum Gasteiger partial charge on any atom is -0.480 e. The van der Waals surface area contributed by atoms with Crippen molar-refractivity contribution in [2.24, 2.45) is 11.7 Å². The third-order valence-corrected chi connectivity index (χ3v) is 7.83. The van der Waals surface area contributed by atoms with E-state index in [1.165, 1.54) is 13.8 Å². The molecule has 2 heterocycles. The first kappa shape index (κ1) is 17.8. The van der Waals surface area contributed by atoms with Crippen LogP contribution in [0.3, 0.4) is 0 Å². The molecule has 2 saturated heterocycles. The monoisotopic (exact) mass is 368 g/mol. The number of hydrogen-bond donors (Lipinski definition) is 2. The van der Waals surface area contributed by atoms with Gasteiger partial charge in [-0.25, -0.2) is 13.2 Å². The largest absolute Gasteiger partial charge is 0.480 e. The molecule has 1 unspecified atom stereocenters. The van der Waals surface area contributed by atoms with Gasteiger partial charge in [0.1, 0.15) is 18.2 Å². The molecule has 1 aromatic rings. The highest BCUT2D eigenvalue weighted by Crippen LogP contribution is 2.49. The number of β-lactam (4-membered cyclic amide) rings is 1. The number of rotatable bonds is 5. The molecule has 3 N–H and O–H groups in total. The number of carboxylic acids is 1. The number of carboxylic acid groups (broad SMARTS) is 1. The summed E-state index contributed by atoms with van der Waals surface area (Å²) in [6, 6.07) is 7.70. The Bertz CT molecular complexity index is 807. The van der Waals surface area contributed by atoms with E-state index in [1.54, 1.807) is 0 Å². The first-order valence-electron chi connectivity index (χ1n) is 7.80. The lowest BCUT2D eigenvalue weighted by Crippen LogP contribution is -2.68. The van der Waals surface area contributed by atoms with Crippen molar-refractivity contribution in [3.8, 4) is 0 Å². The molecule has 2 fully saturated rings. The van der Waals surface area contributed by atoms with E-state index in [9.17, 15) is 23.1 Å². The minimum absolute atomic E-state index is 0.129. The highest BCUT2D eigenvalue weighted by Gasteiger charge is 2.73. The van der Waals surface area contributed by atoms with Crippen LogP contribution in [-0.4, -0.2) is 52.7 Å². The fraction of sp³-hybridized carbons (Fsp3) is 0.500. The summed E-state index contributed by atoms with van der Waals surface area (Å²) in [5, 5.41) is 8.11. The van der Waals surface area contributed by atoms with Gasteiger partial charge in [-0.2, -0.15) is 0 Å². The lowest BCUT2D eigenvalue weighted by Gasteiger charge is -2.44. The van der Waals surface area contributed by atoms with Gasteiger partial charge >= 0.3 is 5.97 Å². The number of hydrogen-bond acceptors (Lipinski definition) is 6. The standard InChI is InChI=1S/C16H20N2O6S/c1-16(2)11(15(20)21)18-13(19)10(14(18)25(16,22)23)12(17)24-8-9-6-4-3-5-7-9/h3-7,10-12,14H,8,17H2,1-2H3,(H,20,21)/t10-,11-,12?,14+/m0/s1. The lowest BCUT2D eigenvalue weighted by atomic mass is 9.90. The van der Waals surface area contributed by atoms with Crippen molar-refractivity contribution in [1.29, 1.82) is 0 Å². The maximum atomic E-state index is 12.8. The Morgan fingerprint density at radius 3 is 2.52 bits per heavy atom. The number of benzene rings is 1. The average Bonchev–Trinajstić information content (AvgIpc) is 2.68. The number of nitrogens with two attached hydrogens (primary N) is 1. The second-order valence-corrected chi connectivity index (χ2v) is 9.44. The number of sulfone groups is 1. The van der Waals surface area contributed by atoms with Gasteiger partial charge in [-0.1, -0.05) is 30.3 Å². The topological polar surface area (TPSA) is 127 Å². The summed E-state index contributed by atoms with van der Waals surface area (Å²) in [5.41, 5.74) is 6.76. The Labute approximate surface area is 145 Å². The highest BCUT2D eigenvalue weighted by molar-refractivity contribution is 7.93. The Morgan fingerprint density at radius 1 is 1.36 bits per heavy atom. The van der Waals surface area contributed by atoms with Gasteiger partial charge in [0.05, 0.1) is 11.4 Å². The molecule has 9 heteroatoms. The molecule has 2 aliphatic heterocycles. The summed E-state index contributed by atoms with van der Waals surface area (Å²) in [4.78, 5) is 24.8. The molecular formula is C16H20N2O6S. The maximum absolute atomic E-state index is 12.8. The predicted octanol–water partition coefficient (Wildman–Crippen LogP) is -0.0673. The van der Waals surface area contributed by atoms with Crippen LogP contribution in [0, 0.1) is 5.92 Å². The summed E-state index contributed by atoms with van der Waals surface area (Å²) in [7, 11) is -3.91. The molecule has 25 heavy (non-hydrogen) atoms. The zero-order chi connectivity index (χ0) is 18.6. The van der Waals surface area contributed by atoms with E-state index in [0.717, 1.165) is 10.5 Å². The predicted molar refractivity (Wildman–Crippen MR) is 87.8 cm³/mol. The molecule has 8 nitrogen and oxygen atoms in total. The minimum atomic E-state index is -3.91. The van der Waals surface area contributed by atoms with E-state index in [-0.39, 0.29) is 6.61 Å². The van der Waals surface area contributed by atoms with Crippen molar-refractivity contribution in [1.82, 2.24) is 4.90 Å². The van der Waals surface area contributed by atoms with E-state index in [2.05, 4.69) is 0 Å². The number of carbonyl (C=O) groups is 2. The van der Waals surface area contributed by atoms with E-state index in [1.807, 2.05) is 30.3 Å². The molecule has 0 radical (unpaired) electrons. The first-order chi connectivity index (χ1) is 11.6. The molecule has 1 amide bonds. The zero-order valence-corrected chi connectivity index (χ0v) is 14.6. The van der Waals surface area contributed by atoms with Crippen LogP contribution in [-0.2, 0) is 30.8 Å². The Balaban J connectivity index is 1.81. The molecule has 136 valence electrons. The fourth-order valence-corrected chi connectivity index (χ4v) is 5.85. The van der Waals surface area contributed by atoms with Crippen LogP contribution in [0.15, 0.2) is 30.3 Å². The zero-order valence-electron chi connectivity index (χ0n) is 13.8. The number of aliphatic carboxylic acids is 1. The summed E-state index contributed by atoms with van der Waals surface area (Å²) in [5.74, 6) is -3.05. The van der Waals surface area contributed by atoms with Crippen LogP contribution in [0.4, 0.5) is 0 Å². The number of amides is 1. The van der Waals surface area contributed by atoms with Gasteiger partial charge in [0.2, 0.25) is 5.91 Å². The van der Waals surface area contributed by atoms with Crippen molar-refractivity contribution in [3.63, 3.8) is 0 Å². The second kappa shape index (κ2) is 5.79. The van der Waals surface area contributed by atoms with Crippen LogP contribution in [0.2, 0.25) is 0 Å². The Kier molecular flexibility index (Phi) is 4.13. The van der Waals surface area contributed by atoms with Gasteiger partial charge in [-0.3, -0.25) is 4.79 Å². The van der Waals surface area contributed by atoms with Crippen molar-refractivity contribution in [3.05, 3.63) is 35.9 Å². The third kappa shape index (κ3) is 2.45. The molecule has 0 saturated carbocycles. The van der Waals surface area contributed by atoms with E-state index < -0.39 is 50.0 Å². The van der Waals surface area contributed by atoms with Gasteiger partial charge in [-0.05, 0) is 19.4 Å². The van der Waals surface area contributed by atoms with Crippen LogP contribution in [0.25, 0.3) is 0 Å². The number of ether oxygens (including phenoxy) is 1. The number of carbonyl (C=O) groups excluding carboxylic acids is 1. The Hall–Kier alpha value is -1.97. The molecule has 2 aliphatic rings. The van der Waals surface area contributed by atoms with Crippen LogP contribution >= 0.6 is 0 Å². The quantitative estimate of drug-likeness (QED) is 0.550. The maximum Gasteiger partial charge on any atom is 0.328 e. The molecule has 4 atom stereocenters. The van der Waals surface area contributed by atoms with Crippen LogP contribution in [0.1, 0.15) is 19.4 Å².